The molecule has 33 heavy (non-hydrogen) atoms. The molecule has 5 nitrogen and oxygen atoms in total. The first kappa shape index (κ1) is 22.4. The zero-order chi connectivity index (χ0) is 22.5. The summed E-state index contributed by atoms with van der Waals surface area (Å²) in [5, 5.41) is 0. The van der Waals surface area contributed by atoms with E-state index in [2.05, 4.69) is 29.2 Å². The zero-order valence-electron chi connectivity index (χ0n) is 19.6. The number of benzene rings is 2. The highest BCUT2D eigenvalue weighted by atomic mass is 16.5. The van der Waals surface area contributed by atoms with Crippen molar-refractivity contribution < 1.29 is 14.3 Å². The second kappa shape index (κ2) is 10.7. The standard InChI is InChI=1S/C28H36N2O3/c31-28(30-12-15-32-16-13-30)25-9-10-27-26(19-25)18-23-5-4-6-24(17-23)21-29(20-22-7-8-22)11-2-1-3-14-33-27/h4-6,9-10,17,19,22H,1-3,7-8,11-16,18,20-21H2. The highest BCUT2D eigenvalue weighted by Gasteiger charge is 2.24. The van der Waals surface area contributed by atoms with Crippen molar-refractivity contribution in [2.75, 3.05) is 46.0 Å². The third-order valence-electron chi connectivity index (χ3n) is 6.99. The summed E-state index contributed by atoms with van der Waals surface area (Å²) in [7, 11) is 0. The monoisotopic (exact) mass is 448 g/mol. The number of nitrogens with zero attached hydrogens (tertiary/aromatic N) is 2. The minimum Gasteiger partial charge on any atom is -0.493 e. The van der Waals surface area contributed by atoms with Crippen molar-refractivity contribution in [3.63, 3.8) is 0 Å². The normalized spacial score (nSPS) is 20.4. The molecule has 2 fully saturated rings. The molecule has 2 aromatic carbocycles. The molecule has 0 radical (unpaired) electrons. The number of carbonyl (C=O) groups is 1. The van der Waals surface area contributed by atoms with Gasteiger partial charge in [0.15, 0.2) is 0 Å². The van der Waals surface area contributed by atoms with E-state index in [0.29, 0.717) is 26.3 Å². The van der Waals surface area contributed by atoms with Crippen LogP contribution in [-0.2, 0) is 17.7 Å². The van der Waals surface area contributed by atoms with Crippen LogP contribution in [0.2, 0.25) is 0 Å². The van der Waals surface area contributed by atoms with Gasteiger partial charge in [0.1, 0.15) is 5.75 Å². The highest BCUT2D eigenvalue weighted by molar-refractivity contribution is 5.94. The number of hydrogen-bond donors (Lipinski definition) is 0. The SMILES string of the molecule is O=C(c1ccc2c(c1)Cc1cccc(c1)CN(CC1CC1)CCCCCO2)N1CCOCC1. The summed E-state index contributed by atoms with van der Waals surface area (Å²) >= 11 is 0. The van der Waals surface area contributed by atoms with Crippen LogP contribution in [-0.4, -0.2) is 61.7 Å². The van der Waals surface area contributed by atoms with Crippen LogP contribution in [0.25, 0.3) is 0 Å². The van der Waals surface area contributed by atoms with Gasteiger partial charge >= 0.3 is 0 Å². The van der Waals surface area contributed by atoms with Crippen LogP contribution in [0.4, 0.5) is 0 Å². The van der Waals surface area contributed by atoms with Crippen molar-refractivity contribution in [3.8, 4) is 5.75 Å². The third kappa shape index (κ3) is 6.15. The molecule has 176 valence electrons. The molecule has 1 aliphatic carbocycles. The molecule has 0 unspecified atom stereocenters. The Morgan fingerprint density at radius 2 is 1.76 bits per heavy atom. The molecule has 3 aliphatic rings. The predicted molar refractivity (Wildman–Crippen MR) is 130 cm³/mol. The Kier molecular flexibility index (Phi) is 7.27. The lowest BCUT2D eigenvalue weighted by Crippen LogP contribution is -2.40. The van der Waals surface area contributed by atoms with E-state index in [4.69, 9.17) is 9.47 Å². The van der Waals surface area contributed by atoms with E-state index in [1.54, 1.807) is 0 Å². The van der Waals surface area contributed by atoms with Gasteiger partial charge in [-0.1, -0.05) is 24.3 Å². The Balaban J connectivity index is 1.39. The van der Waals surface area contributed by atoms with Crippen LogP contribution in [0, 0.1) is 5.92 Å². The van der Waals surface area contributed by atoms with Crippen LogP contribution in [0.5, 0.6) is 5.75 Å². The molecule has 0 aromatic heterocycles. The number of carbonyl (C=O) groups excluding carboxylic acids is 1. The number of amides is 1. The van der Waals surface area contributed by atoms with Crippen molar-refractivity contribution in [2.24, 2.45) is 5.92 Å². The van der Waals surface area contributed by atoms with Crippen molar-refractivity contribution in [1.29, 1.82) is 0 Å². The zero-order valence-corrected chi connectivity index (χ0v) is 19.6. The average molecular weight is 449 g/mol. The number of fused-ring (bicyclic) bond motifs is 3. The summed E-state index contributed by atoms with van der Waals surface area (Å²) in [5.74, 6) is 1.90. The third-order valence-corrected chi connectivity index (χ3v) is 6.99. The number of hydrogen-bond acceptors (Lipinski definition) is 4. The van der Waals surface area contributed by atoms with Crippen molar-refractivity contribution in [2.45, 2.75) is 45.1 Å². The molecule has 0 spiro atoms. The fourth-order valence-electron chi connectivity index (χ4n) is 4.95. The molecular formula is C28H36N2O3. The fourth-order valence-corrected chi connectivity index (χ4v) is 4.95. The summed E-state index contributed by atoms with van der Waals surface area (Å²) in [5.41, 5.74) is 4.50. The summed E-state index contributed by atoms with van der Waals surface area (Å²) in [6, 6.07) is 14.9. The average Bonchev–Trinajstić information content (AvgIpc) is 3.66. The van der Waals surface area contributed by atoms with Crippen molar-refractivity contribution >= 4 is 5.91 Å². The van der Waals surface area contributed by atoms with Gasteiger partial charge in [0, 0.05) is 38.2 Å². The van der Waals surface area contributed by atoms with Crippen molar-refractivity contribution in [3.05, 3.63) is 64.7 Å². The van der Waals surface area contributed by atoms with Gasteiger partial charge in [-0.25, -0.2) is 0 Å². The Morgan fingerprint density at radius 3 is 2.61 bits per heavy atom. The van der Waals surface area contributed by atoms with Crippen LogP contribution in [0.3, 0.4) is 0 Å². The molecule has 1 saturated carbocycles. The maximum absolute atomic E-state index is 13.1. The van der Waals surface area contributed by atoms with E-state index >= 15 is 0 Å². The van der Waals surface area contributed by atoms with E-state index in [-0.39, 0.29) is 5.91 Å². The van der Waals surface area contributed by atoms with Gasteiger partial charge in [-0.05, 0) is 79.5 Å². The Hall–Kier alpha value is -2.37. The molecule has 2 heterocycles. The summed E-state index contributed by atoms with van der Waals surface area (Å²) in [4.78, 5) is 17.6. The fraction of sp³-hybridized carbons (Fsp3) is 0.536. The van der Waals surface area contributed by atoms with Gasteiger partial charge in [0.05, 0.1) is 19.8 Å². The van der Waals surface area contributed by atoms with Gasteiger partial charge in [0.2, 0.25) is 0 Å². The number of ether oxygens (including phenoxy) is 2. The predicted octanol–water partition coefficient (Wildman–Crippen LogP) is 4.52. The molecule has 2 aromatic rings. The molecule has 0 atom stereocenters. The molecule has 0 N–H and O–H groups in total. The minimum absolute atomic E-state index is 0.0879. The van der Waals surface area contributed by atoms with E-state index in [0.717, 1.165) is 48.8 Å². The van der Waals surface area contributed by atoms with Gasteiger partial charge in [-0.3, -0.25) is 9.69 Å². The maximum atomic E-state index is 13.1. The summed E-state index contributed by atoms with van der Waals surface area (Å²) in [6.07, 6.45) is 7.03. The molecule has 2 bridgehead atoms. The first-order valence-corrected chi connectivity index (χ1v) is 12.7. The molecule has 1 saturated heterocycles. The lowest BCUT2D eigenvalue weighted by molar-refractivity contribution is 0.0303. The topological polar surface area (TPSA) is 42.0 Å². The molecule has 1 amide bonds. The molecule has 5 heteroatoms. The van der Waals surface area contributed by atoms with E-state index < -0.39 is 0 Å². The number of morpholine rings is 1. The summed E-state index contributed by atoms with van der Waals surface area (Å²) < 4.78 is 11.6. The quantitative estimate of drug-likeness (QED) is 0.692. The van der Waals surface area contributed by atoms with Gasteiger partial charge in [-0.15, -0.1) is 0 Å². The first-order valence-electron chi connectivity index (χ1n) is 12.7. The lowest BCUT2D eigenvalue weighted by atomic mass is 9.99. The van der Waals surface area contributed by atoms with E-state index in [1.807, 2.05) is 23.1 Å². The highest BCUT2D eigenvalue weighted by Crippen LogP contribution is 2.31. The smallest absolute Gasteiger partial charge is 0.254 e. The summed E-state index contributed by atoms with van der Waals surface area (Å²) in [6.45, 7) is 6.71. The van der Waals surface area contributed by atoms with Gasteiger partial charge < -0.3 is 14.4 Å². The molecule has 5 rings (SSSR count). The van der Waals surface area contributed by atoms with Gasteiger partial charge in [-0.2, -0.15) is 0 Å². The second-order valence-corrected chi connectivity index (χ2v) is 9.81. The minimum atomic E-state index is 0.0879. The number of rotatable bonds is 3. The van der Waals surface area contributed by atoms with Crippen LogP contribution < -0.4 is 4.74 Å². The molecular weight excluding hydrogens is 412 g/mol. The molecule has 2 aliphatic heterocycles. The Morgan fingerprint density at radius 1 is 0.909 bits per heavy atom. The Bertz CT molecular complexity index is 950. The lowest BCUT2D eigenvalue weighted by Gasteiger charge is -2.27. The second-order valence-electron chi connectivity index (χ2n) is 9.81. The Labute approximate surface area is 197 Å². The van der Waals surface area contributed by atoms with Gasteiger partial charge in [0.25, 0.3) is 5.91 Å². The largest absolute Gasteiger partial charge is 0.493 e. The van der Waals surface area contributed by atoms with Crippen LogP contribution in [0.1, 0.15) is 59.2 Å². The van der Waals surface area contributed by atoms with E-state index in [9.17, 15) is 4.79 Å². The maximum Gasteiger partial charge on any atom is 0.254 e. The van der Waals surface area contributed by atoms with Crippen LogP contribution >= 0.6 is 0 Å². The first-order chi connectivity index (χ1) is 16.2. The van der Waals surface area contributed by atoms with E-state index in [1.165, 1.54) is 49.9 Å². The van der Waals surface area contributed by atoms with Crippen LogP contribution in [0.15, 0.2) is 42.5 Å². The van der Waals surface area contributed by atoms with Crippen molar-refractivity contribution in [1.82, 2.24) is 9.80 Å².